The first kappa shape index (κ1) is 11.4. The first-order valence-electron chi connectivity index (χ1n) is 5.79. The van der Waals surface area contributed by atoms with E-state index in [0.29, 0.717) is 6.61 Å². The van der Waals surface area contributed by atoms with Crippen LogP contribution in [0.25, 0.3) is 0 Å². The molecule has 1 aliphatic rings. The summed E-state index contributed by atoms with van der Waals surface area (Å²) in [6.07, 6.45) is 3.61. The van der Waals surface area contributed by atoms with E-state index in [0.717, 1.165) is 18.6 Å². The van der Waals surface area contributed by atoms with Gasteiger partial charge in [0.2, 0.25) is 0 Å². The summed E-state index contributed by atoms with van der Waals surface area (Å²) >= 11 is 0. The zero-order valence-electron chi connectivity index (χ0n) is 9.69. The highest BCUT2D eigenvalue weighted by Crippen LogP contribution is 2.21. The average molecular weight is 221 g/mol. The summed E-state index contributed by atoms with van der Waals surface area (Å²) in [5.74, 6) is 0.876. The van der Waals surface area contributed by atoms with E-state index in [1.54, 1.807) is 7.11 Å². The van der Waals surface area contributed by atoms with Crippen molar-refractivity contribution in [2.45, 2.75) is 38.0 Å². The van der Waals surface area contributed by atoms with Gasteiger partial charge >= 0.3 is 0 Å². The van der Waals surface area contributed by atoms with E-state index < -0.39 is 0 Å². The highest BCUT2D eigenvalue weighted by Gasteiger charge is 2.24. The van der Waals surface area contributed by atoms with Gasteiger partial charge in [0.1, 0.15) is 5.75 Å². The average Bonchev–Trinajstić information content (AvgIpc) is 2.73. The van der Waals surface area contributed by atoms with Crippen molar-refractivity contribution in [3.05, 3.63) is 29.8 Å². The highest BCUT2D eigenvalue weighted by atomic mass is 16.5. The smallest absolute Gasteiger partial charge is 0.118 e. The minimum Gasteiger partial charge on any atom is -0.497 e. The Hall–Kier alpha value is -1.06. The maximum Gasteiger partial charge on any atom is 0.118 e. The molecule has 0 amide bonds. The van der Waals surface area contributed by atoms with Gasteiger partial charge in [-0.25, -0.2) is 0 Å². The van der Waals surface area contributed by atoms with E-state index in [2.05, 4.69) is 0 Å². The normalized spacial score (nSPS) is 24.6. The molecule has 0 unspecified atom stereocenters. The van der Waals surface area contributed by atoms with Crippen molar-refractivity contribution in [1.82, 2.24) is 0 Å². The Balaban J connectivity index is 1.84. The molecule has 2 atom stereocenters. The van der Waals surface area contributed by atoms with E-state index in [4.69, 9.17) is 15.2 Å². The van der Waals surface area contributed by atoms with E-state index in [1.165, 1.54) is 12.0 Å². The number of methoxy groups -OCH3 is 1. The van der Waals surface area contributed by atoms with Crippen LogP contribution in [-0.4, -0.2) is 19.3 Å². The lowest BCUT2D eigenvalue weighted by molar-refractivity contribution is 0.0357. The van der Waals surface area contributed by atoms with Crippen LogP contribution < -0.4 is 10.5 Å². The van der Waals surface area contributed by atoms with Gasteiger partial charge < -0.3 is 15.2 Å². The van der Waals surface area contributed by atoms with E-state index in [-0.39, 0.29) is 12.1 Å². The minimum absolute atomic E-state index is 0.221. The van der Waals surface area contributed by atoms with Crippen LogP contribution in [0.1, 0.15) is 24.8 Å². The van der Waals surface area contributed by atoms with E-state index in [1.807, 2.05) is 24.3 Å². The molecule has 2 rings (SSSR count). The number of rotatable bonds is 4. The molecule has 0 bridgehead atoms. The highest BCUT2D eigenvalue weighted by molar-refractivity contribution is 5.26. The third-order valence-corrected chi connectivity index (χ3v) is 3.13. The Morgan fingerprint density at radius 3 is 2.56 bits per heavy atom. The Morgan fingerprint density at radius 2 is 2.00 bits per heavy atom. The van der Waals surface area contributed by atoms with Gasteiger partial charge in [-0.15, -0.1) is 0 Å². The van der Waals surface area contributed by atoms with Gasteiger partial charge in [-0.3, -0.25) is 0 Å². The number of ether oxygens (including phenoxy) is 2. The molecule has 0 saturated heterocycles. The van der Waals surface area contributed by atoms with Gasteiger partial charge in [0.05, 0.1) is 19.8 Å². The van der Waals surface area contributed by atoms with Crippen LogP contribution in [0.4, 0.5) is 0 Å². The molecule has 3 nitrogen and oxygen atoms in total. The van der Waals surface area contributed by atoms with Gasteiger partial charge in [-0.1, -0.05) is 12.1 Å². The van der Waals surface area contributed by atoms with Gasteiger partial charge in [-0.05, 0) is 37.0 Å². The van der Waals surface area contributed by atoms with Gasteiger partial charge in [0.15, 0.2) is 0 Å². The van der Waals surface area contributed by atoms with Crippen LogP contribution in [0.2, 0.25) is 0 Å². The molecular weight excluding hydrogens is 202 g/mol. The lowest BCUT2D eigenvalue weighted by Gasteiger charge is -2.16. The van der Waals surface area contributed by atoms with Crippen LogP contribution in [0.15, 0.2) is 24.3 Å². The Labute approximate surface area is 96.5 Å². The molecule has 1 aromatic rings. The van der Waals surface area contributed by atoms with Crippen LogP contribution in [-0.2, 0) is 11.3 Å². The van der Waals surface area contributed by atoms with Crippen LogP contribution >= 0.6 is 0 Å². The number of hydrogen-bond acceptors (Lipinski definition) is 3. The van der Waals surface area contributed by atoms with Gasteiger partial charge in [-0.2, -0.15) is 0 Å². The number of nitrogens with two attached hydrogens (primary N) is 1. The Bertz CT molecular complexity index is 323. The molecule has 3 heteroatoms. The monoisotopic (exact) mass is 221 g/mol. The van der Waals surface area contributed by atoms with Crippen molar-refractivity contribution >= 4 is 0 Å². The fourth-order valence-corrected chi connectivity index (χ4v) is 2.09. The SMILES string of the molecule is COc1ccc(CO[C@@H]2CCC[C@H]2N)cc1. The Kier molecular flexibility index (Phi) is 3.80. The zero-order valence-corrected chi connectivity index (χ0v) is 9.69. The largest absolute Gasteiger partial charge is 0.497 e. The van der Waals surface area contributed by atoms with Crippen LogP contribution in [0.3, 0.4) is 0 Å². The second kappa shape index (κ2) is 5.32. The molecule has 1 fully saturated rings. The summed E-state index contributed by atoms with van der Waals surface area (Å²) in [6, 6.07) is 8.18. The number of hydrogen-bond donors (Lipinski definition) is 1. The molecule has 1 saturated carbocycles. The summed E-state index contributed by atoms with van der Waals surface area (Å²) in [6.45, 7) is 0.641. The maximum absolute atomic E-state index is 5.94. The first-order chi connectivity index (χ1) is 7.79. The molecule has 1 aromatic carbocycles. The fourth-order valence-electron chi connectivity index (χ4n) is 2.09. The van der Waals surface area contributed by atoms with Crippen molar-refractivity contribution in [2.24, 2.45) is 5.73 Å². The molecule has 1 aliphatic carbocycles. The van der Waals surface area contributed by atoms with Crippen molar-refractivity contribution in [3.63, 3.8) is 0 Å². The molecule has 0 aliphatic heterocycles. The molecule has 2 N–H and O–H groups in total. The van der Waals surface area contributed by atoms with Gasteiger partial charge in [0.25, 0.3) is 0 Å². The van der Waals surface area contributed by atoms with Crippen LogP contribution in [0, 0.1) is 0 Å². The molecule has 0 spiro atoms. The minimum atomic E-state index is 0.221. The molecule has 0 heterocycles. The summed E-state index contributed by atoms with van der Waals surface area (Å²) in [4.78, 5) is 0. The molecule has 88 valence electrons. The molecule has 0 aromatic heterocycles. The van der Waals surface area contributed by atoms with E-state index >= 15 is 0 Å². The summed E-state index contributed by atoms with van der Waals surface area (Å²) in [5, 5.41) is 0. The molecule has 16 heavy (non-hydrogen) atoms. The van der Waals surface area contributed by atoms with Crippen molar-refractivity contribution < 1.29 is 9.47 Å². The maximum atomic E-state index is 5.94. The third kappa shape index (κ3) is 2.74. The zero-order chi connectivity index (χ0) is 11.4. The predicted octanol–water partition coefficient (Wildman–Crippen LogP) is 2.09. The third-order valence-electron chi connectivity index (χ3n) is 3.13. The van der Waals surface area contributed by atoms with Crippen molar-refractivity contribution in [3.8, 4) is 5.75 Å². The quantitative estimate of drug-likeness (QED) is 0.846. The van der Waals surface area contributed by atoms with E-state index in [9.17, 15) is 0 Å². The second-order valence-corrected chi connectivity index (χ2v) is 4.29. The van der Waals surface area contributed by atoms with Crippen molar-refractivity contribution in [2.75, 3.05) is 7.11 Å². The van der Waals surface area contributed by atoms with Crippen LogP contribution in [0.5, 0.6) is 5.75 Å². The summed E-state index contributed by atoms with van der Waals surface area (Å²) < 4.78 is 10.9. The first-order valence-corrected chi connectivity index (χ1v) is 5.79. The summed E-state index contributed by atoms with van der Waals surface area (Å²) in [7, 11) is 1.67. The predicted molar refractivity (Wildman–Crippen MR) is 63.4 cm³/mol. The summed E-state index contributed by atoms with van der Waals surface area (Å²) in [5.41, 5.74) is 7.11. The lowest BCUT2D eigenvalue weighted by Crippen LogP contribution is -2.31. The molecular formula is C13H19NO2. The van der Waals surface area contributed by atoms with Gasteiger partial charge in [0, 0.05) is 6.04 Å². The molecule has 0 radical (unpaired) electrons. The number of benzene rings is 1. The fraction of sp³-hybridized carbons (Fsp3) is 0.538. The van der Waals surface area contributed by atoms with Crippen molar-refractivity contribution in [1.29, 1.82) is 0 Å². The standard InChI is InChI=1S/C13H19NO2/c1-15-11-7-5-10(6-8-11)9-16-13-4-2-3-12(13)14/h5-8,12-13H,2-4,9,14H2,1H3/t12-,13-/m1/s1. The second-order valence-electron chi connectivity index (χ2n) is 4.29. The lowest BCUT2D eigenvalue weighted by atomic mass is 10.2. The Morgan fingerprint density at radius 1 is 1.25 bits per heavy atom. The topological polar surface area (TPSA) is 44.5 Å².